The van der Waals surface area contributed by atoms with Crippen molar-refractivity contribution in [2.24, 2.45) is 0 Å². The van der Waals surface area contributed by atoms with Gasteiger partial charge in [-0.15, -0.1) is 0 Å². The van der Waals surface area contributed by atoms with Crippen LogP contribution >= 0.6 is 0 Å². The molecule has 1 aromatic carbocycles. The quantitative estimate of drug-likeness (QED) is 0.781. The normalized spacial score (nSPS) is 26.6. The summed E-state index contributed by atoms with van der Waals surface area (Å²) >= 11 is 0. The molecule has 0 bridgehead atoms. The van der Waals surface area contributed by atoms with Gasteiger partial charge < -0.3 is 9.64 Å². The Hall–Kier alpha value is -1.44. The van der Waals surface area contributed by atoms with Crippen LogP contribution in [-0.4, -0.2) is 68.2 Å². The van der Waals surface area contributed by atoms with Crippen molar-refractivity contribution in [2.75, 3.05) is 32.5 Å². The second kappa shape index (κ2) is 5.40. The van der Waals surface area contributed by atoms with E-state index in [1.807, 2.05) is 18.2 Å². The fourth-order valence-electron chi connectivity index (χ4n) is 3.00. The standard InChI is InChI=1S/C14H18N2O4S/c1-21(18,19)16-7-8-20-13-10-15(9-12(13)16)14(17)11-5-3-2-4-6-11/h2-6,12-13H,7-10H2,1H3. The van der Waals surface area contributed by atoms with Crippen molar-refractivity contribution >= 4 is 15.9 Å². The molecule has 0 radical (unpaired) electrons. The summed E-state index contributed by atoms with van der Waals surface area (Å²) in [5.74, 6) is -0.0814. The summed E-state index contributed by atoms with van der Waals surface area (Å²) in [6.45, 7) is 1.55. The second-order valence-corrected chi connectivity index (χ2v) is 7.36. The molecular weight excluding hydrogens is 292 g/mol. The maximum absolute atomic E-state index is 12.4. The van der Waals surface area contributed by atoms with Crippen molar-refractivity contribution < 1.29 is 17.9 Å². The van der Waals surface area contributed by atoms with Crippen molar-refractivity contribution in [3.63, 3.8) is 0 Å². The number of morpholine rings is 1. The van der Waals surface area contributed by atoms with Crippen LogP contribution in [0.1, 0.15) is 10.4 Å². The number of hydrogen-bond acceptors (Lipinski definition) is 4. The highest BCUT2D eigenvalue weighted by atomic mass is 32.2. The lowest BCUT2D eigenvalue weighted by atomic mass is 10.2. The summed E-state index contributed by atoms with van der Waals surface area (Å²) in [5.41, 5.74) is 0.613. The van der Waals surface area contributed by atoms with E-state index in [1.165, 1.54) is 10.6 Å². The highest BCUT2D eigenvalue weighted by Gasteiger charge is 2.44. The van der Waals surface area contributed by atoms with Crippen LogP contribution in [-0.2, 0) is 14.8 Å². The molecule has 6 nitrogen and oxygen atoms in total. The summed E-state index contributed by atoms with van der Waals surface area (Å²) in [6.07, 6.45) is 0.970. The van der Waals surface area contributed by atoms with Crippen LogP contribution in [0.15, 0.2) is 30.3 Å². The van der Waals surface area contributed by atoms with Crippen LogP contribution < -0.4 is 0 Å². The van der Waals surface area contributed by atoms with E-state index in [-0.39, 0.29) is 18.1 Å². The van der Waals surface area contributed by atoms with Gasteiger partial charge in [0.1, 0.15) is 0 Å². The van der Waals surface area contributed by atoms with Gasteiger partial charge in [-0.05, 0) is 12.1 Å². The topological polar surface area (TPSA) is 66.9 Å². The van der Waals surface area contributed by atoms with E-state index in [0.29, 0.717) is 31.8 Å². The van der Waals surface area contributed by atoms with Gasteiger partial charge in [0, 0.05) is 25.2 Å². The van der Waals surface area contributed by atoms with Gasteiger partial charge in [0.05, 0.1) is 25.0 Å². The van der Waals surface area contributed by atoms with Gasteiger partial charge in [0.2, 0.25) is 10.0 Å². The van der Waals surface area contributed by atoms with Crippen LogP contribution in [0.4, 0.5) is 0 Å². The van der Waals surface area contributed by atoms with E-state index >= 15 is 0 Å². The zero-order valence-corrected chi connectivity index (χ0v) is 12.6. The molecule has 0 aromatic heterocycles. The first-order valence-corrected chi connectivity index (χ1v) is 8.74. The van der Waals surface area contributed by atoms with Gasteiger partial charge in [0.25, 0.3) is 5.91 Å². The Morgan fingerprint density at radius 3 is 2.62 bits per heavy atom. The van der Waals surface area contributed by atoms with E-state index < -0.39 is 10.0 Å². The molecule has 2 unspecified atom stereocenters. The third-order valence-corrected chi connectivity index (χ3v) is 5.29. The first-order chi connectivity index (χ1) is 9.97. The molecule has 2 atom stereocenters. The van der Waals surface area contributed by atoms with Crippen LogP contribution in [0, 0.1) is 0 Å². The van der Waals surface area contributed by atoms with Crippen molar-refractivity contribution in [1.29, 1.82) is 0 Å². The molecule has 0 aliphatic carbocycles. The molecule has 7 heteroatoms. The molecule has 0 spiro atoms. The van der Waals surface area contributed by atoms with Crippen LogP contribution in [0.3, 0.4) is 0 Å². The second-order valence-electron chi connectivity index (χ2n) is 5.43. The van der Waals surface area contributed by atoms with Gasteiger partial charge in [-0.3, -0.25) is 4.79 Å². The van der Waals surface area contributed by atoms with E-state index in [2.05, 4.69) is 0 Å². The molecule has 21 heavy (non-hydrogen) atoms. The summed E-state index contributed by atoms with van der Waals surface area (Å²) in [7, 11) is -3.28. The van der Waals surface area contributed by atoms with Crippen LogP contribution in [0.5, 0.6) is 0 Å². The molecule has 114 valence electrons. The molecule has 0 N–H and O–H groups in total. The minimum absolute atomic E-state index is 0.0814. The zero-order valence-electron chi connectivity index (χ0n) is 11.8. The molecule has 1 amide bonds. The lowest BCUT2D eigenvalue weighted by Crippen LogP contribution is -2.52. The van der Waals surface area contributed by atoms with E-state index in [0.717, 1.165) is 0 Å². The monoisotopic (exact) mass is 310 g/mol. The fraction of sp³-hybridized carbons (Fsp3) is 0.500. The van der Waals surface area contributed by atoms with Gasteiger partial charge in [-0.25, -0.2) is 8.42 Å². The number of benzene rings is 1. The van der Waals surface area contributed by atoms with Gasteiger partial charge in [-0.1, -0.05) is 18.2 Å². The summed E-state index contributed by atoms with van der Waals surface area (Å²) < 4.78 is 30.8. The summed E-state index contributed by atoms with van der Waals surface area (Å²) in [4.78, 5) is 14.1. The average molecular weight is 310 g/mol. The number of sulfonamides is 1. The van der Waals surface area contributed by atoms with E-state index in [9.17, 15) is 13.2 Å². The Labute approximate surface area is 124 Å². The maximum Gasteiger partial charge on any atom is 0.253 e. The van der Waals surface area contributed by atoms with Gasteiger partial charge in [0.15, 0.2) is 0 Å². The predicted octanol–water partition coefficient (Wildman–Crippen LogP) is 0.171. The lowest BCUT2D eigenvalue weighted by Gasteiger charge is -2.34. The number of amides is 1. The van der Waals surface area contributed by atoms with Gasteiger partial charge >= 0.3 is 0 Å². The molecule has 3 rings (SSSR count). The summed E-state index contributed by atoms with van der Waals surface area (Å²) in [6, 6.07) is 8.74. The number of nitrogens with zero attached hydrogens (tertiary/aromatic N) is 2. The molecule has 1 aromatic rings. The zero-order chi connectivity index (χ0) is 15.0. The molecule has 2 saturated heterocycles. The first kappa shape index (κ1) is 14.5. The highest BCUT2D eigenvalue weighted by Crippen LogP contribution is 2.25. The van der Waals surface area contributed by atoms with E-state index in [1.54, 1.807) is 17.0 Å². The SMILES string of the molecule is CS(=O)(=O)N1CCOC2CN(C(=O)c3ccccc3)CC21. The molecule has 2 aliphatic rings. The third kappa shape index (κ3) is 2.81. The van der Waals surface area contributed by atoms with Crippen molar-refractivity contribution in [3.05, 3.63) is 35.9 Å². The maximum atomic E-state index is 12.4. The minimum Gasteiger partial charge on any atom is -0.373 e. The molecule has 2 aliphatic heterocycles. The third-order valence-electron chi connectivity index (χ3n) is 3.98. The smallest absolute Gasteiger partial charge is 0.253 e. The van der Waals surface area contributed by atoms with Crippen LogP contribution in [0.25, 0.3) is 0 Å². The Morgan fingerprint density at radius 2 is 1.95 bits per heavy atom. The van der Waals surface area contributed by atoms with Crippen molar-refractivity contribution in [3.8, 4) is 0 Å². The average Bonchev–Trinajstić information content (AvgIpc) is 2.90. The number of carbonyl (C=O) groups excluding carboxylic acids is 1. The molecule has 2 fully saturated rings. The minimum atomic E-state index is -3.28. The fourth-order valence-corrected chi connectivity index (χ4v) is 4.10. The van der Waals surface area contributed by atoms with Crippen molar-refractivity contribution in [2.45, 2.75) is 12.1 Å². The number of rotatable bonds is 2. The number of hydrogen-bond donors (Lipinski definition) is 0. The molecule has 2 heterocycles. The van der Waals surface area contributed by atoms with Crippen LogP contribution in [0.2, 0.25) is 0 Å². The molecular formula is C14H18N2O4S. The number of likely N-dealkylation sites (tertiary alicyclic amines) is 1. The predicted molar refractivity (Wildman–Crippen MR) is 77.4 cm³/mol. The number of ether oxygens (including phenoxy) is 1. The number of fused-ring (bicyclic) bond motifs is 1. The number of carbonyl (C=O) groups is 1. The lowest BCUT2D eigenvalue weighted by molar-refractivity contribution is -0.0157. The summed E-state index contributed by atoms with van der Waals surface area (Å²) in [5, 5.41) is 0. The Bertz CT molecular complexity index is 632. The van der Waals surface area contributed by atoms with E-state index in [4.69, 9.17) is 4.74 Å². The Morgan fingerprint density at radius 1 is 1.24 bits per heavy atom. The highest BCUT2D eigenvalue weighted by molar-refractivity contribution is 7.88. The molecule has 0 saturated carbocycles. The Balaban J connectivity index is 1.79. The first-order valence-electron chi connectivity index (χ1n) is 6.89. The van der Waals surface area contributed by atoms with Gasteiger partial charge in [-0.2, -0.15) is 4.31 Å². The Kier molecular flexibility index (Phi) is 3.73. The largest absolute Gasteiger partial charge is 0.373 e. The van der Waals surface area contributed by atoms with Crippen molar-refractivity contribution in [1.82, 2.24) is 9.21 Å².